The van der Waals surface area contributed by atoms with Gasteiger partial charge in [0.2, 0.25) is 11.8 Å². The van der Waals surface area contributed by atoms with E-state index >= 15 is 0 Å². The molecule has 24 heavy (non-hydrogen) atoms. The van der Waals surface area contributed by atoms with E-state index in [0.29, 0.717) is 11.4 Å². The van der Waals surface area contributed by atoms with Gasteiger partial charge in [-0.3, -0.25) is 9.59 Å². The number of hydrogen-bond acceptors (Lipinski definition) is 3. The number of rotatable bonds is 6. The van der Waals surface area contributed by atoms with Crippen LogP contribution >= 0.6 is 15.9 Å². The second-order valence-electron chi connectivity index (χ2n) is 5.15. The maximum atomic E-state index is 12.1. The van der Waals surface area contributed by atoms with E-state index in [1.807, 2.05) is 36.4 Å². The second kappa shape index (κ2) is 8.49. The van der Waals surface area contributed by atoms with Crippen LogP contribution in [0.5, 0.6) is 5.75 Å². The summed E-state index contributed by atoms with van der Waals surface area (Å²) in [6, 6.07) is 14.6. The van der Waals surface area contributed by atoms with Crippen LogP contribution < -0.4 is 15.0 Å². The number of halogens is 1. The highest BCUT2D eigenvalue weighted by Gasteiger charge is 2.17. The van der Waals surface area contributed by atoms with Crippen LogP contribution in [0, 0.1) is 0 Å². The summed E-state index contributed by atoms with van der Waals surface area (Å²) < 4.78 is 6.24. The molecular formula is C18H19BrN2O3. The molecule has 0 saturated heterocycles. The van der Waals surface area contributed by atoms with Gasteiger partial charge in [-0.15, -0.1) is 0 Å². The first kappa shape index (κ1) is 18.0. The largest absolute Gasteiger partial charge is 0.495 e. The van der Waals surface area contributed by atoms with E-state index in [9.17, 15) is 9.59 Å². The van der Waals surface area contributed by atoms with E-state index in [4.69, 9.17) is 4.74 Å². The summed E-state index contributed by atoms with van der Waals surface area (Å²) in [5.41, 5.74) is 1.37. The minimum absolute atomic E-state index is 0.143. The van der Waals surface area contributed by atoms with Gasteiger partial charge in [-0.25, -0.2) is 0 Å². The van der Waals surface area contributed by atoms with Crippen molar-refractivity contribution >= 4 is 39.1 Å². The van der Waals surface area contributed by atoms with Crippen molar-refractivity contribution in [3.8, 4) is 5.75 Å². The monoisotopic (exact) mass is 390 g/mol. The minimum Gasteiger partial charge on any atom is -0.495 e. The fourth-order valence-electron chi connectivity index (χ4n) is 2.27. The normalized spacial score (nSPS) is 10.1. The molecule has 0 spiro atoms. The van der Waals surface area contributed by atoms with Crippen LogP contribution in [-0.2, 0) is 9.59 Å². The zero-order valence-corrected chi connectivity index (χ0v) is 15.2. The molecular weight excluding hydrogens is 372 g/mol. The van der Waals surface area contributed by atoms with Gasteiger partial charge in [0.1, 0.15) is 5.75 Å². The molecule has 2 aromatic carbocycles. The lowest BCUT2D eigenvalue weighted by Gasteiger charge is -2.23. The standard InChI is InChI=1S/C18H19BrN2O3/c1-13(22)21(16-5-3-4-6-17(16)24-2)12-11-18(23)20-15-9-7-14(19)8-10-15/h3-10H,11-12H2,1-2H3,(H,20,23). The lowest BCUT2D eigenvalue weighted by Crippen LogP contribution is -2.32. The number of nitrogens with zero attached hydrogens (tertiary/aromatic N) is 1. The van der Waals surface area contributed by atoms with Gasteiger partial charge in [0.25, 0.3) is 0 Å². The maximum Gasteiger partial charge on any atom is 0.226 e. The summed E-state index contributed by atoms with van der Waals surface area (Å²) in [6.45, 7) is 1.75. The Morgan fingerprint density at radius 2 is 1.79 bits per heavy atom. The fraction of sp³-hybridized carbons (Fsp3) is 0.222. The number of anilines is 2. The van der Waals surface area contributed by atoms with E-state index in [0.717, 1.165) is 10.2 Å². The molecule has 2 rings (SSSR count). The van der Waals surface area contributed by atoms with Gasteiger partial charge in [0.15, 0.2) is 0 Å². The highest BCUT2D eigenvalue weighted by Crippen LogP contribution is 2.28. The van der Waals surface area contributed by atoms with Gasteiger partial charge in [0.05, 0.1) is 12.8 Å². The average molecular weight is 391 g/mol. The number of carbonyl (C=O) groups is 2. The van der Waals surface area contributed by atoms with Gasteiger partial charge in [-0.2, -0.15) is 0 Å². The molecule has 0 fully saturated rings. The van der Waals surface area contributed by atoms with Crippen LogP contribution in [0.4, 0.5) is 11.4 Å². The minimum atomic E-state index is -0.154. The van der Waals surface area contributed by atoms with Crippen molar-refractivity contribution < 1.29 is 14.3 Å². The molecule has 1 N–H and O–H groups in total. The van der Waals surface area contributed by atoms with Crippen LogP contribution in [0.25, 0.3) is 0 Å². The molecule has 0 radical (unpaired) electrons. The first-order valence-corrected chi connectivity index (χ1v) is 8.27. The Morgan fingerprint density at radius 3 is 2.42 bits per heavy atom. The Kier molecular flexibility index (Phi) is 6.37. The number of ether oxygens (including phenoxy) is 1. The number of para-hydroxylation sites is 2. The van der Waals surface area contributed by atoms with Crippen molar-refractivity contribution in [3.05, 3.63) is 53.0 Å². The average Bonchev–Trinajstić information content (AvgIpc) is 2.57. The number of nitrogens with one attached hydrogen (secondary N) is 1. The highest BCUT2D eigenvalue weighted by atomic mass is 79.9. The number of methoxy groups -OCH3 is 1. The first-order chi connectivity index (χ1) is 11.5. The Balaban J connectivity index is 2.02. The predicted molar refractivity (Wildman–Crippen MR) is 98.4 cm³/mol. The molecule has 0 bridgehead atoms. The summed E-state index contributed by atoms with van der Waals surface area (Å²) >= 11 is 3.35. The SMILES string of the molecule is COc1ccccc1N(CCC(=O)Nc1ccc(Br)cc1)C(C)=O. The number of carbonyl (C=O) groups excluding carboxylic acids is 2. The van der Waals surface area contributed by atoms with Crippen LogP contribution in [0.3, 0.4) is 0 Å². The molecule has 126 valence electrons. The molecule has 0 unspecified atom stereocenters. The van der Waals surface area contributed by atoms with Gasteiger partial charge < -0.3 is 15.0 Å². The quantitative estimate of drug-likeness (QED) is 0.814. The third kappa shape index (κ3) is 4.83. The lowest BCUT2D eigenvalue weighted by atomic mass is 10.2. The van der Waals surface area contributed by atoms with Gasteiger partial charge in [-0.05, 0) is 36.4 Å². The summed E-state index contributed by atoms with van der Waals surface area (Å²) in [5.74, 6) is 0.301. The van der Waals surface area contributed by atoms with Crippen LogP contribution in [-0.4, -0.2) is 25.5 Å². The van der Waals surface area contributed by atoms with Crippen molar-refractivity contribution in [2.75, 3.05) is 23.9 Å². The third-order valence-electron chi connectivity index (χ3n) is 3.45. The van der Waals surface area contributed by atoms with Crippen LogP contribution in [0.15, 0.2) is 53.0 Å². The van der Waals surface area contributed by atoms with E-state index in [1.165, 1.54) is 6.92 Å². The zero-order valence-electron chi connectivity index (χ0n) is 13.6. The second-order valence-corrected chi connectivity index (χ2v) is 6.06. The van der Waals surface area contributed by atoms with E-state index < -0.39 is 0 Å². The molecule has 0 atom stereocenters. The summed E-state index contributed by atoms with van der Waals surface area (Å²) in [7, 11) is 1.55. The Labute approximate surface area is 149 Å². The summed E-state index contributed by atoms with van der Waals surface area (Å²) in [6.07, 6.45) is 0.188. The molecule has 0 aliphatic heterocycles. The number of amides is 2. The van der Waals surface area contributed by atoms with E-state index in [2.05, 4.69) is 21.2 Å². The molecule has 0 heterocycles. The summed E-state index contributed by atoms with van der Waals surface area (Å²) in [4.78, 5) is 25.6. The molecule has 0 aromatic heterocycles. The van der Waals surface area contributed by atoms with Crippen molar-refractivity contribution in [3.63, 3.8) is 0 Å². The van der Waals surface area contributed by atoms with E-state index in [-0.39, 0.29) is 24.8 Å². The molecule has 0 saturated carbocycles. The topological polar surface area (TPSA) is 58.6 Å². The summed E-state index contributed by atoms with van der Waals surface area (Å²) in [5, 5.41) is 2.81. The molecule has 6 heteroatoms. The van der Waals surface area contributed by atoms with Crippen molar-refractivity contribution in [1.82, 2.24) is 0 Å². The van der Waals surface area contributed by atoms with E-state index in [1.54, 1.807) is 24.1 Å². The number of hydrogen-bond donors (Lipinski definition) is 1. The zero-order chi connectivity index (χ0) is 17.5. The smallest absolute Gasteiger partial charge is 0.226 e. The van der Waals surface area contributed by atoms with Crippen molar-refractivity contribution in [2.45, 2.75) is 13.3 Å². The Bertz CT molecular complexity index is 716. The predicted octanol–water partition coefficient (Wildman–Crippen LogP) is 3.84. The fourth-order valence-corrected chi connectivity index (χ4v) is 2.53. The van der Waals surface area contributed by atoms with Gasteiger partial charge in [-0.1, -0.05) is 28.1 Å². The molecule has 0 aliphatic carbocycles. The van der Waals surface area contributed by atoms with Crippen LogP contribution in [0.1, 0.15) is 13.3 Å². The molecule has 5 nitrogen and oxygen atoms in total. The lowest BCUT2D eigenvalue weighted by molar-refractivity contribution is -0.117. The van der Waals surface area contributed by atoms with Gasteiger partial charge >= 0.3 is 0 Å². The highest BCUT2D eigenvalue weighted by molar-refractivity contribution is 9.10. The first-order valence-electron chi connectivity index (χ1n) is 7.48. The third-order valence-corrected chi connectivity index (χ3v) is 3.98. The van der Waals surface area contributed by atoms with Crippen molar-refractivity contribution in [2.24, 2.45) is 0 Å². The number of benzene rings is 2. The Morgan fingerprint density at radius 1 is 1.12 bits per heavy atom. The Hall–Kier alpha value is -2.34. The molecule has 2 aromatic rings. The van der Waals surface area contributed by atoms with Crippen LogP contribution in [0.2, 0.25) is 0 Å². The molecule has 2 amide bonds. The van der Waals surface area contributed by atoms with Gasteiger partial charge in [0, 0.05) is 30.0 Å². The van der Waals surface area contributed by atoms with Crippen molar-refractivity contribution in [1.29, 1.82) is 0 Å². The maximum absolute atomic E-state index is 12.1. The molecule has 0 aliphatic rings.